The van der Waals surface area contributed by atoms with E-state index in [1.54, 1.807) is 43.4 Å². The summed E-state index contributed by atoms with van der Waals surface area (Å²) in [7, 11) is 3.22. The molecule has 0 aliphatic rings. The van der Waals surface area contributed by atoms with Crippen LogP contribution in [0.4, 0.5) is 10.5 Å². The first kappa shape index (κ1) is 27.7. The van der Waals surface area contributed by atoms with Gasteiger partial charge >= 0.3 is 6.03 Å². The van der Waals surface area contributed by atoms with Gasteiger partial charge in [0.25, 0.3) is 0 Å². The quantitative estimate of drug-likeness (QED) is 0.230. The van der Waals surface area contributed by atoms with Gasteiger partial charge in [-0.15, -0.1) is 0 Å². The fraction of sp³-hybridized carbons (Fsp3) is 0.290. The summed E-state index contributed by atoms with van der Waals surface area (Å²) in [6.45, 7) is 1.85. The topological polar surface area (TPSA) is 86.9 Å². The number of carbonyl (C=O) groups is 2. The molecule has 8 nitrogen and oxygen atoms in total. The number of aromatic nitrogens is 1. The number of methoxy groups -OCH3 is 2. The molecule has 0 saturated carbocycles. The number of ether oxygens (including phenoxy) is 2. The smallest absolute Gasteiger partial charge is 0.322 e. The lowest BCUT2D eigenvalue weighted by Crippen LogP contribution is -2.45. The Kier molecular flexibility index (Phi) is 9.97. The Labute approximate surface area is 229 Å². The molecule has 0 atom stereocenters. The van der Waals surface area contributed by atoms with Crippen LogP contribution in [0.3, 0.4) is 0 Å². The van der Waals surface area contributed by atoms with Gasteiger partial charge in [-0.25, -0.2) is 4.79 Å². The normalized spacial score (nSPS) is 10.8. The van der Waals surface area contributed by atoms with Gasteiger partial charge in [-0.2, -0.15) is 0 Å². The van der Waals surface area contributed by atoms with Gasteiger partial charge in [0.2, 0.25) is 5.91 Å². The standard InChI is InChI=1S/C31H36N4O4/c1-38-20-8-18-35(31(37)33-26-13-15-27(39-2)16-14-26)23-30(36)34(22-24-9-4-3-5-10-24)19-17-25-21-32-29-12-7-6-11-28(25)29/h3-7,9-16,21,32H,8,17-20,22-23H2,1-2H3,(H,33,37). The Morgan fingerprint density at radius 3 is 2.36 bits per heavy atom. The van der Waals surface area contributed by atoms with E-state index in [-0.39, 0.29) is 18.5 Å². The number of carbonyl (C=O) groups excluding carboxylic acids is 2. The average Bonchev–Trinajstić information content (AvgIpc) is 3.38. The van der Waals surface area contributed by atoms with Crippen LogP contribution in [0.2, 0.25) is 0 Å². The molecule has 4 aromatic rings. The van der Waals surface area contributed by atoms with Gasteiger partial charge in [0.15, 0.2) is 0 Å². The van der Waals surface area contributed by atoms with E-state index in [0.29, 0.717) is 50.5 Å². The molecule has 8 heteroatoms. The number of fused-ring (bicyclic) bond motifs is 1. The third-order valence-electron chi connectivity index (χ3n) is 6.63. The number of nitrogens with zero attached hydrogens (tertiary/aromatic N) is 2. The van der Waals surface area contributed by atoms with Crippen molar-refractivity contribution in [3.8, 4) is 5.75 Å². The molecule has 0 spiro atoms. The monoisotopic (exact) mass is 528 g/mol. The number of H-pyrrole nitrogens is 1. The van der Waals surface area contributed by atoms with Gasteiger partial charge in [-0.05, 0) is 54.3 Å². The van der Waals surface area contributed by atoms with Crippen LogP contribution in [0, 0.1) is 0 Å². The van der Waals surface area contributed by atoms with Crippen LogP contribution in [0.1, 0.15) is 17.5 Å². The minimum Gasteiger partial charge on any atom is -0.497 e. The lowest BCUT2D eigenvalue weighted by atomic mass is 10.1. The third kappa shape index (κ3) is 7.85. The Morgan fingerprint density at radius 1 is 0.872 bits per heavy atom. The molecule has 204 valence electrons. The number of urea groups is 1. The first-order valence-corrected chi connectivity index (χ1v) is 13.1. The molecule has 0 aliphatic carbocycles. The molecule has 4 rings (SSSR count). The molecule has 3 amide bonds. The van der Waals surface area contributed by atoms with Crippen LogP contribution in [-0.4, -0.2) is 67.2 Å². The zero-order valence-electron chi connectivity index (χ0n) is 22.6. The van der Waals surface area contributed by atoms with Crippen LogP contribution < -0.4 is 10.1 Å². The first-order valence-electron chi connectivity index (χ1n) is 13.1. The molecule has 0 aliphatic heterocycles. The van der Waals surface area contributed by atoms with Gasteiger partial charge in [0.05, 0.1) is 7.11 Å². The fourth-order valence-electron chi connectivity index (χ4n) is 4.48. The molecule has 39 heavy (non-hydrogen) atoms. The van der Waals surface area contributed by atoms with E-state index < -0.39 is 0 Å². The van der Waals surface area contributed by atoms with Crippen molar-refractivity contribution in [1.82, 2.24) is 14.8 Å². The number of para-hydroxylation sites is 1. The highest BCUT2D eigenvalue weighted by Crippen LogP contribution is 2.19. The van der Waals surface area contributed by atoms with E-state index in [9.17, 15) is 9.59 Å². The van der Waals surface area contributed by atoms with Crippen molar-refractivity contribution < 1.29 is 19.1 Å². The maximum atomic E-state index is 13.7. The van der Waals surface area contributed by atoms with E-state index in [2.05, 4.69) is 16.4 Å². The molecule has 0 fully saturated rings. The van der Waals surface area contributed by atoms with E-state index in [0.717, 1.165) is 22.0 Å². The number of anilines is 1. The summed E-state index contributed by atoms with van der Waals surface area (Å²) < 4.78 is 10.4. The van der Waals surface area contributed by atoms with Crippen LogP contribution in [-0.2, 0) is 22.5 Å². The van der Waals surface area contributed by atoms with Gasteiger partial charge in [0.1, 0.15) is 12.3 Å². The maximum absolute atomic E-state index is 13.7. The fourth-order valence-corrected chi connectivity index (χ4v) is 4.48. The molecular formula is C31H36N4O4. The summed E-state index contributed by atoms with van der Waals surface area (Å²) in [5, 5.41) is 4.06. The number of rotatable bonds is 13. The van der Waals surface area contributed by atoms with E-state index in [1.807, 2.05) is 59.6 Å². The van der Waals surface area contributed by atoms with Gasteiger partial charge in [-0.3, -0.25) is 4.79 Å². The third-order valence-corrected chi connectivity index (χ3v) is 6.63. The Balaban J connectivity index is 1.48. The van der Waals surface area contributed by atoms with Crippen molar-refractivity contribution in [2.24, 2.45) is 0 Å². The van der Waals surface area contributed by atoms with Crippen molar-refractivity contribution in [3.63, 3.8) is 0 Å². The lowest BCUT2D eigenvalue weighted by Gasteiger charge is -2.28. The van der Waals surface area contributed by atoms with Crippen molar-refractivity contribution in [1.29, 1.82) is 0 Å². The van der Waals surface area contributed by atoms with Crippen molar-refractivity contribution >= 4 is 28.5 Å². The number of hydrogen-bond donors (Lipinski definition) is 2. The summed E-state index contributed by atoms with van der Waals surface area (Å²) in [6.07, 6.45) is 3.33. The minimum absolute atomic E-state index is 0.0353. The predicted octanol–water partition coefficient (Wildman–Crippen LogP) is 5.32. The van der Waals surface area contributed by atoms with Crippen molar-refractivity contribution in [3.05, 3.63) is 96.2 Å². The highest BCUT2D eigenvalue weighted by atomic mass is 16.5. The minimum atomic E-state index is -0.332. The van der Waals surface area contributed by atoms with E-state index in [4.69, 9.17) is 9.47 Å². The molecule has 0 saturated heterocycles. The molecular weight excluding hydrogens is 492 g/mol. The first-order chi connectivity index (χ1) is 19.1. The molecule has 2 N–H and O–H groups in total. The highest BCUT2D eigenvalue weighted by molar-refractivity contribution is 5.92. The number of amides is 3. The summed E-state index contributed by atoms with van der Waals surface area (Å²) in [5.74, 6) is 0.591. The van der Waals surface area contributed by atoms with Crippen molar-refractivity contribution in [2.75, 3.05) is 45.8 Å². The van der Waals surface area contributed by atoms with E-state index in [1.165, 1.54) is 0 Å². The molecule has 0 unspecified atom stereocenters. The van der Waals surface area contributed by atoms with Gasteiger partial charge in [0, 0.05) is 56.1 Å². The Morgan fingerprint density at radius 2 is 1.62 bits per heavy atom. The highest BCUT2D eigenvalue weighted by Gasteiger charge is 2.22. The number of aromatic amines is 1. The second-order valence-electron chi connectivity index (χ2n) is 9.34. The zero-order valence-corrected chi connectivity index (χ0v) is 22.6. The molecule has 0 radical (unpaired) electrons. The molecule has 1 heterocycles. The second kappa shape index (κ2) is 14.0. The molecule has 1 aromatic heterocycles. The number of benzene rings is 3. The summed E-state index contributed by atoms with van der Waals surface area (Å²) in [5.41, 5.74) is 3.91. The SMILES string of the molecule is COCCCN(CC(=O)N(CCc1c[nH]c2ccccc12)Cc1ccccc1)C(=O)Nc1ccc(OC)cc1. The zero-order chi connectivity index (χ0) is 27.5. The Bertz CT molecular complexity index is 1340. The summed E-state index contributed by atoms with van der Waals surface area (Å²) in [6, 6.07) is 24.9. The Hall–Kier alpha value is -4.30. The van der Waals surface area contributed by atoms with E-state index >= 15 is 0 Å². The van der Waals surface area contributed by atoms with Crippen molar-refractivity contribution in [2.45, 2.75) is 19.4 Å². The number of hydrogen-bond acceptors (Lipinski definition) is 4. The average molecular weight is 529 g/mol. The van der Waals surface area contributed by atoms with Gasteiger partial charge in [-0.1, -0.05) is 48.5 Å². The molecule has 0 bridgehead atoms. The van der Waals surface area contributed by atoms with Crippen LogP contribution in [0.15, 0.2) is 85.1 Å². The van der Waals surface area contributed by atoms with Gasteiger partial charge < -0.3 is 29.6 Å². The second-order valence-corrected chi connectivity index (χ2v) is 9.34. The summed E-state index contributed by atoms with van der Waals surface area (Å²) in [4.78, 5) is 33.6. The number of nitrogens with one attached hydrogen (secondary N) is 2. The van der Waals surface area contributed by atoms with Crippen LogP contribution in [0.5, 0.6) is 5.75 Å². The largest absolute Gasteiger partial charge is 0.497 e. The summed E-state index contributed by atoms with van der Waals surface area (Å²) >= 11 is 0. The maximum Gasteiger partial charge on any atom is 0.322 e. The predicted molar refractivity (Wildman–Crippen MR) is 154 cm³/mol. The lowest BCUT2D eigenvalue weighted by molar-refractivity contribution is -0.132. The van der Waals surface area contributed by atoms with Crippen LogP contribution in [0.25, 0.3) is 10.9 Å². The van der Waals surface area contributed by atoms with Crippen LogP contribution >= 0.6 is 0 Å². The molecule has 3 aromatic carbocycles.